The van der Waals surface area contributed by atoms with E-state index >= 15 is 0 Å². The minimum atomic E-state index is -0.0383. The normalized spacial score (nSPS) is 35.8. The number of rotatable bonds is 4. The molecular weight excluding hydrogens is 274 g/mol. The Kier molecular flexibility index (Phi) is 3.31. The van der Waals surface area contributed by atoms with Crippen LogP contribution in [-0.2, 0) is 17.9 Å². The third-order valence-corrected chi connectivity index (χ3v) is 6.33. The number of amides is 1. The van der Waals surface area contributed by atoms with E-state index < -0.39 is 0 Å². The van der Waals surface area contributed by atoms with Crippen LogP contribution in [0.15, 0.2) is 6.20 Å². The molecule has 22 heavy (non-hydrogen) atoms. The Morgan fingerprint density at radius 3 is 2.36 bits per heavy atom. The number of carbonyl (C=O) groups is 1. The van der Waals surface area contributed by atoms with Gasteiger partial charge < -0.3 is 5.32 Å². The van der Waals surface area contributed by atoms with Crippen LogP contribution < -0.4 is 5.32 Å². The van der Waals surface area contributed by atoms with Gasteiger partial charge in [0.05, 0.1) is 5.69 Å². The van der Waals surface area contributed by atoms with Crippen molar-refractivity contribution < 1.29 is 4.79 Å². The molecule has 1 heterocycles. The van der Waals surface area contributed by atoms with E-state index in [1.807, 2.05) is 11.6 Å². The van der Waals surface area contributed by atoms with Crippen LogP contribution in [0.4, 0.5) is 0 Å². The molecule has 0 atom stereocenters. The van der Waals surface area contributed by atoms with Gasteiger partial charge in [0, 0.05) is 30.3 Å². The standard InChI is InChI=1S/C18H27N3O/c1-3-21-11-16(12(2)20-21)10-19-17(22)18-7-13-4-14(8-18)6-15(5-13)9-18/h11,13-15H,3-10H2,1-2H3,(H,19,22). The SMILES string of the molecule is CCn1cc(CNC(=O)C23CC4CC(CC(C4)C2)C3)c(C)n1. The second kappa shape index (κ2) is 5.10. The highest BCUT2D eigenvalue weighted by atomic mass is 16.2. The van der Waals surface area contributed by atoms with Crippen molar-refractivity contribution in [1.82, 2.24) is 15.1 Å². The smallest absolute Gasteiger partial charge is 0.226 e. The van der Waals surface area contributed by atoms with Crippen molar-refractivity contribution in [3.63, 3.8) is 0 Å². The van der Waals surface area contributed by atoms with Crippen LogP contribution in [0.5, 0.6) is 0 Å². The molecule has 4 nitrogen and oxygen atoms in total. The maximum absolute atomic E-state index is 12.9. The molecule has 4 aliphatic carbocycles. The molecule has 0 unspecified atom stereocenters. The first kappa shape index (κ1) is 14.3. The zero-order valence-electron chi connectivity index (χ0n) is 13.8. The molecule has 120 valence electrons. The van der Waals surface area contributed by atoms with Gasteiger partial charge in [0.1, 0.15) is 0 Å². The lowest BCUT2D eigenvalue weighted by atomic mass is 9.49. The summed E-state index contributed by atoms with van der Waals surface area (Å²) in [4.78, 5) is 12.9. The first-order chi connectivity index (χ1) is 10.6. The molecule has 4 bridgehead atoms. The number of carbonyl (C=O) groups excluding carboxylic acids is 1. The maximum atomic E-state index is 12.9. The van der Waals surface area contributed by atoms with Gasteiger partial charge in [-0.15, -0.1) is 0 Å². The minimum Gasteiger partial charge on any atom is -0.351 e. The predicted molar refractivity (Wildman–Crippen MR) is 85.1 cm³/mol. The van der Waals surface area contributed by atoms with Crippen LogP contribution in [0.1, 0.15) is 56.7 Å². The fraction of sp³-hybridized carbons (Fsp3) is 0.778. The number of nitrogens with one attached hydrogen (secondary N) is 1. The van der Waals surface area contributed by atoms with E-state index in [9.17, 15) is 4.79 Å². The van der Waals surface area contributed by atoms with Gasteiger partial charge in [-0.2, -0.15) is 5.10 Å². The second-order valence-corrected chi connectivity index (χ2v) is 7.98. The third kappa shape index (κ3) is 2.27. The topological polar surface area (TPSA) is 46.9 Å². The van der Waals surface area contributed by atoms with E-state index in [4.69, 9.17) is 0 Å². The van der Waals surface area contributed by atoms with Crippen molar-refractivity contribution in [3.8, 4) is 0 Å². The van der Waals surface area contributed by atoms with Crippen molar-refractivity contribution in [2.45, 2.75) is 65.5 Å². The van der Waals surface area contributed by atoms with Crippen LogP contribution in [0.2, 0.25) is 0 Å². The van der Waals surface area contributed by atoms with Crippen LogP contribution >= 0.6 is 0 Å². The summed E-state index contributed by atoms with van der Waals surface area (Å²) in [6.07, 6.45) is 9.63. The van der Waals surface area contributed by atoms with E-state index in [1.54, 1.807) is 0 Å². The summed E-state index contributed by atoms with van der Waals surface area (Å²) in [6, 6.07) is 0. The number of nitrogens with zero attached hydrogens (tertiary/aromatic N) is 2. The second-order valence-electron chi connectivity index (χ2n) is 7.98. The Morgan fingerprint density at radius 2 is 1.86 bits per heavy atom. The molecule has 4 fully saturated rings. The fourth-order valence-electron chi connectivity index (χ4n) is 5.65. The molecule has 0 aromatic carbocycles. The first-order valence-electron chi connectivity index (χ1n) is 8.89. The summed E-state index contributed by atoms with van der Waals surface area (Å²) >= 11 is 0. The van der Waals surface area contributed by atoms with Crippen molar-refractivity contribution in [3.05, 3.63) is 17.5 Å². The molecule has 4 aliphatic rings. The molecule has 1 aromatic rings. The highest BCUT2D eigenvalue weighted by Crippen LogP contribution is 2.60. The van der Waals surface area contributed by atoms with Crippen LogP contribution in [-0.4, -0.2) is 15.7 Å². The van der Waals surface area contributed by atoms with Gasteiger partial charge in [-0.05, 0) is 70.1 Å². The molecular formula is C18H27N3O. The third-order valence-electron chi connectivity index (χ3n) is 6.33. The van der Waals surface area contributed by atoms with E-state index in [2.05, 4.69) is 23.5 Å². The Balaban J connectivity index is 1.45. The lowest BCUT2D eigenvalue weighted by Gasteiger charge is -2.55. The average molecular weight is 301 g/mol. The summed E-state index contributed by atoms with van der Waals surface area (Å²) in [7, 11) is 0. The quantitative estimate of drug-likeness (QED) is 0.929. The predicted octanol–water partition coefficient (Wildman–Crippen LogP) is 3.04. The largest absolute Gasteiger partial charge is 0.351 e. The summed E-state index contributed by atoms with van der Waals surface area (Å²) in [5, 5.41) is 7.71. The molecule has 0 saturated heterocycles. The molecule has 1 amide bonds. The molecule has 5 rings (SSSR count). The fourth-order valence-corrected chi connectivity index (χ4v) is 5.65. The zero-order chi connectivity index (χ0) is 15.3. The molecule has 1 N–H and O–H groups in total. The maximum Gasteiger partial charge on any atom is 0.226 e. The zero-order valence-corrected chi connectivity index (χ0v) is 13.8. The van der Waals surface area contributed by atoms with Crippen molar-refractivity contribution in [1.29, 1.82) is 0 Å². The summed E-state index contributed by atoms with van der Waals surface area (Å²) in [6.45, 7) is 5.62. The monoisotopic (exact) mass is 301 g/mol. The number of aromatic nitrogens is 2. The van der Waals surface area contributed by atoms with Gasteiger partial charge in [-0.3, -0.25) is 9.48 Å². The van der Waals surface area contributed by atoms with Gasteiger partial charge in [0.2, 0.25) is 5.91 Å². The highest BCUT2D eigenvalue weighted by Gasteiger charge is 2.54. The van der Waals surface area contributed by atoms with Crippen LogP contribution in [0.3, 0.4) is 0 Å². The number of hydrogen-bond acceptors (Lipinski definition) is 2. The Morgan fingerprint density at radius 1 is 1.27 bits per heavy atom. The Bertz CT molecular complexity index is 554. The van der Waals surface area contributed by atoms with Gasteiger partial charge >= 0.3 is 0 Å². The Hall–Kier alpha value is -1.32. The van der Waals surface area contributed by atoms with Crippen LogP contribution in [0, 0.1) is 30.1 Å². The van der Waals surface area contributed by atoms with Gasteiger partial charge in [-0.1, -0.05) is 0 Å². The number of hydrogen-bond donors (Lipinski definition) is 1. The number of aryl methyl sites for hydroxylation is 2. The molecule has 0 radical (unpaired) electrons. The molecule has 4 saturated carbocycles. The summed E-state index contributed by atoms with van der Waals surface area (Å²) < 4.78 is 1.95. The van der Waals surface area contributed by atoms with E-state index in [0.717, 1.165) is 54.8 Å². The summed E-state index contributed by atoms with van der Waals surface area (Å²) in [5.41, 5.74) is 2.15. The highest BCUT2D eigenvalue weighted by molar-refractivity contribution is 5.83. The Labute approximate surface area is 132 Å². The molecule has 4 heteroatoms. The molecule has 1 aromatic heterocycles. The molecule has 0 aliphatic heterocycles. The molecule has 0 spiro atoms. The van der Waals surface area contributed by atoms with Gasteiger partial charge in [0.15, 0.2) is 0 Å². The average Bonchev–Trinajstić information content (AvgIpc) is 2.83. The van der Waals surface area contributed by atoms with Crippen LogP contribution in [0.25, 0.3) is 0 Å². The van der Waals surface area contributed by atoms with Gasteiger partial charge in [0.25, 0.3) is 0 Å². The van der Waals surface area contributed by atoms with E-state index in [1.165, 1.54) is 19.3 Å². The minimum absolute atomic E-state index is 0.0383. The van der Waals surface area contributed by atoms with Crippen molar-refractivity contribution in [2.24, 2.45) is 23.2 Å². The van der Waals surface area contributed by atoms with Crippen molar-refractivity contribution in [2.75, 3.05) is 0 Å². The van der Waals surface area contributed by atoms with Crippen molar-refractivity contribution >= 4 is 5.91 Å². The first-order valence-corrected chi connectivity index (χ1v) is 8.89. The van der Waals surface area contributed by atoms with E-state index in [0.29, 0.717) is 12.5 Å². The van der Waals surface area contributed by atoms with E-state index in [-0.39, 0.29) is 5.41 Å². The lowest BCUT2D eigenvalue weighted by molar-refractivity contribution is -0.146. The summed E-state index contributed by atoms with van der Waals surface area (Å²) in [5.74, 6) is 2.78. The van der Waals surface area contributed by atoms with Gasteiger partial charge in [-0.25, -0.2) is 0 Å². The lowest BCUT2D eigenvalue weighted by Crippen LogP contribution is -2.53.